The van der Waals surface area contributed by atoms with Crippen molar-refractivity contribution in [3.8, 4) is 0 Å². The van der Waals surface area contributed by atoms with Crippen molar-refractivity contribution in [1.29, 1.82) is 0 Å². The molecule has 2 heterocycles. The van der Waals surface area contributed by atoms with Crippen LogP contribution in [0.5, 0.6) is 0 Å². The van der Waals surface area contributed by atoms with Gasteiger partial charge in [0.25, 0.3) is 0 Å². The third-order valence-electron chi connectivity index (χ3n) is 12.9. The number of hydrogen-bond donors (Lipinski definition) is 2. The van der Waals surface area contributed by atoms with Crippen molar-refractivity contribution in [3.05, 3.63) is 11.6 Å². The number of methoxy groups -OCH3 is 1. The Morgan fingerprint density at radius 2 is 1.73 bits per heavy atom. The van der Waals surface area contributed by atoms with Crippen LogP contribution in [0.3, 0.4) is 0 Å². The minimum absolute atomic E-state index is 0.0121. The molecule has 252 valence electrons. The van der Waals surface area contributed by atoms with Crippen LogP contribution < -0.4 is 0 Å². The summed E-state index contributed by atoms with van der Waals surface area (Å²) < 4.78 is 34.8. The van der Waals surface area contributed by atoms with Gasteiger partial charge in [0.1, 0.15) is 24.9 Å². The molecule has 0 aromatic carbocycles. The highest BCUT2D eigenvalue weighted by Gasteiger charge is 2.71. The van der Waals surface area contributed by atoms with Gasteiger partial charge in [0, 0.05) is 44.8 Å². The first-order chi connectivity index (χ1) is 21.2. The van der Waals surface area contributed by atoms with Gasteiger partial charge in [-0.2, -0.15) is 0 Å². The van der Waals surface area contributed by atoms with E-state index >= 15 is 0 Å². The van der Waals surface area contributed by atoms with E-state index in [1.54, 1.807) is 6.92 Å². The second-order valence-electron chi connectivity index (χ2n) is 15.0. The third-order valence-corrected chi connectivity index (χ3v) is 12.9. The van der Waals surface area contributed by atoms with E-state index in [4.69, 9.17) is 28.4 Å². The molecule has 0 spiro atoms. The minimum atomic E-state index is -1.05. The lowest BCUT2D eigenvalue weighted by molar-refractivity contribution is -0.315. The van der Waals surface area contributed by atoms with Crippen molar-refractivity contribution in [2.24, 2.45) is 34.5 Å². The van der Waals surface area contributed by atoms with Gasteiger partial charge in [0.2, 0.25) is 0 Å². The summed E-state index contributed by atoms with van der Waals surface area (Å²) in [5.41, 5.74) is -0.800. The van der Waals surface area contributed by atoms with E-state index in [0.29, 0.717) is 12.3 Å². The number of cyclic esters (lactones) is 1. The molecular weight excluding hydrogens is 584 g/mol. The monoisotopic (exact) mass is 634 g/mol. The second-order valence-corrected chi connectivity index (χ2v) is 15.0. The van der Waals surface area contributed by atoms with Crippen LogP contribution in [-0.2, 0) is 42.8 Å². The van der Waals surface area contributed by atoms with E-state index in [0.717, 1.165) is 50.5 Å². The molecule has 0 aromatic heterocycles. The first-order valence-electron chi connectivity index (χ1n) is 16.7. The second kappa shape index (κ2) is 11.9. The molecule has 4 saturated carbocycles. The normalized spacial score (nSPS) is 49.2. The highest BCUT2D eigenvalue weighted by atomic mass is 16.7. The molecule has 0 amide bonds. The molecule has 0 unspecified atom stereocenters. The van der Waals surface area contributed by atoms with Gasteiger partial charge in [-0.05, 0) is 80.6 Å². The Balaban J connectivity index is 1.20. The van der Waals surface area contributed by atoms with E-state index in [9.17, 15) is 24.6 Å². The van der Waals surface area contributed by atoms with E-state index in [1.807, 2.05) is 0 Å². The quantitative estimate of drug-likeness (QED) is 0.252. The molecule has 0 radical (unpaired) electrons. The number of aliphatic hydroxyl groups excluding tert-OH is 1. The smallest absolute Gasteiger partial charge is 0.331 e. The Morgan fingerprint density at radius 1 is 1.00 bits per heavy atom. The fourth-order valence-electron chi connectivity index (χ4n) is 10.7. The Kier molecular flexibility index (Phi) is 8.68. The summed E-state index contributed by atoms with van der Waals surface area (Å²) in [6.07, 6.45) is 3.26. The fourth-order valence-corrected chi connectivity index (χ4v) is 10.7. The van der Waals surface area contributed by atoms with Crippen LogP contribution in [-0.4, -0.2) is 90.4 Å². The summed E-state index contributed by atoms with van der Waals surface area (Å²) >= 11 is 0. The number of ether oxygens (including phenoxy) is 6. The van der Waals surface area contributed by atoms with Crippen LogP contribution in [0.4, 0.5) is 0 Å². The standard InChI is InChI=1S/C34H50O11/c1-17-28(38)29(40-6)30(44-19(3)36)31(42-17)45-22-9-11-32(4)21(14-22)7-8-24-23(32)10-12-33(5)27(20-13-26(37)41-16-20)25(43-18(2)35)15-34(24,33)39/h13,17,21-25,27-31,38-39H,7-12,14-16H2,1-6H3/t17-,21-,22+,23+,24-,25+,27+,28-,29+,30-,31+,32+,33-,34+/m1/s1. The van der Waals surface area contributed by atoms with Crippen molar-refractivity contribution < 1.29 is 53.0 Å². The molecule has 0 aromatic rings. The number of esters is 3. The molecule has 6 rings (SSSR count). The summed E-state index contributed by atoms with van der Waals surface area (Å²) in [5, 5.41) is 23.4. The average Bonchev–Trinajstić information content (AvgIpc) is 3.48. The van der Waals surface area contributed by atoms with Gasteiger partial charge < -0.3 is 38.6 Å². The van der Waals surface area contributed by atoms with Crippen LogP contribution >= 0.6 is 0 Å². The van der Waals surface area contributed by atoms with Crippen LogP contribution in [0.1, 0.15) is 86.0 Å². The van der Waals surface area contributed by atoms with Crippen molar-refractivity contribution in [2.75, 3.05) is 13.7 Å². The zero-order valence-corrected chi connectivity index (χ0v) is 27.4. The highest BCUT2D eigenvalue weighted by Crippen LogP contribution is 2.70. The van der Waals surface area contributed by atoms with Crippen LogP contribution in [0, 0.1) is 34.5 Å². The molecule has 2 N–H and O–H groups in total. The first kappa shape index (κ1) is 32.9. The van der Waals surface area contributed by atoms with Gasteiger partial charge in [-0.15, -0.1) is 0 Å². The van der Waals surface area contributed by atoms with Crippen LogP contribution in [0.2, 0.25) is 0 Å². The predicted molar refractivity (Wildman–Crippen MR) is 158 cm³/mol. The van der Waals surface area contributed by atoms with Crippen molar-refractivity contribution in [3.63, 3.8) is 0 Å². The Hall–Kier alpha value is -2.05. The molecule has 11 nitrogen and oxygen atoms in total. The van der Waals surface area contributed by atoms with E-state index in [2.05, 4.69) is 13.8 Å². The molecule has 11 heteroatoms. The van der Waals surface area contributed by atoms with Gasteiger partial charge in [-0.3, -0.25) is 9.59 Å². The molecule has 4 aliphatic carbocycles. The summed E-state index contributed by atoms with van der Waals surface area (Å²) in [6.45, 7) is 9.14. The lowest BCUT2D eigenvalue weighted by atomic mass is 9.43. The van der Waals surface area contributed by atoms with Gasteiger partial charge in [0.05, 0.1) is 17.8 Å². The number of rotatable bonds is 6. The largest absolute Gasteiger partial charge is 0.462 e. The van der Waals surface area contributed by atoms with E-state index in [-0.39, 0.29) is 47.8 Å². The first-order valence-corrected chi connectivity index (χ1v) is 16.7. The number of carbonyl (C=O) groups is 3. The van der Waals surface area contributed by atoms with Gasteiger partial charge >= 0.3 is 17.9 Å². The maximum atomic E-state index is 12.8. The van der Waals surface area contributed by atoms with Gasteiger partial charge in [0.15, 0.2) is 12.4 Å². The lowest BCUT2D eigenvalue weighted by Crippen LogP contribution is -2.63. The minimum Gasteiger partial charge on any atom is -0.462 e. The Bertz CT molecular complexity index is 1220. The predicted octanol–water partition coefficient (Wildman–Crippen LogP) is 3.22. The Labute approximate surface area is 265 Å². The summed E-state index contributed by atoms with van der Waals surface area (Å²) in [4.78, 5) is 36.2. The zero-order chi connectivity index (χ0) is 32.5. The van der Waals surface area contributed by atoms with Crippen molar-refractivity contribution in [2.45, 2.75) is 135 Å². The van der Waals surface area contributed by atoms with Gasteiger partial charge in [-0.25, -0.2) is 4.79 Å². The number of aliphatic hydroxyl groups is 2. The number of carbonyl (C=O) groups excluding carboxylic acids is 3. The molecule has 0 bridgehead atoms. The van der Waals surface area contributed by atoms with Crippen LogP contribution in [0.15, 0.2) is 11.6 Å². The molecule has 14 atom stereocenters. The SMILES string of the molecule is CO[C@H]1[C@H](O)[C@@H](C)O[C@@H](O[C@H]2CC[C@@]3(C)[C@H](CC[C@@H]4[C@@H]3CC[C@]3(C)[C@@H](C5=CC(=O)OC5)[C@@H](OC(C)=O)C[C@]43O)C2)[C@@H]1OC(C)=O. The van der Waals surface area contributed by atoms with Crippen molar-refractivity contribution >= 4 is 17.9 Å². The third kappa shape index (κ3) is 5.34. The van der Waals surface area contributed by atoms with Crippen molar-refractivity contribution in [1.82, 2.24) is 0 Å². The zero-order valence-electron chi connectivity index (χ0n) is 27.4. The maximum Gasteiger partial charge on any atom is 0.331 e. The van der Waals surface area contributed by atoms with Crippen LogP contribution in [0.25, 0.3) is 0 Å². The maximum absolute atomic E-state index is 12.8. The van der Waals surface area contributed by atoms with E-state index in [1.165, 1.54) is 27.0 Å². The molecule has 1 saturated heterocycles. The summed E-state index contributed by atoms with van der Waals surface area (Å²) in [7, 11) is 1.48. The number of hydrogen-bond acceptors (Lipinski definition) is 11. The molecular formula is C34H50O11. The van der Waals surface area contributed by atoms with E-state index < -0.39 is 53.8 Å². The Morgan fingerprint density at radius 3 is 2.38 bits per heavy atom. The topological polar surface area (TPSA) is 147 Å². The number of fused-ring (bicyclic) bond motifs is 5. The molecule has 2 aliphatic heterocycles. The summed E-state index contributed by atoms with van der Waals surface area (Å²) in [5.74, 6) is -0.838. The summed E-state index contributed by atoms with van der Waals surface area (Å²) in [6, 6.07) is 0. The highest BCUT2D eigenvalue weighted by molar-refractivity contribution is 5.85. The molecule has 5 fully saturated rings. The lowest BCUT2D eigenvalue weighted by Gasteiger charge is -2.63. The van der Waals surface area contributed by atoms with Gasteiger partial charge in [-0.1, -0.05) is 13.8 Å². The molecule has 45 heavy (non-hydrogen) atoms. The fraction of sp³-hybridized carbons (Fsp3) is 0.853. The average molecular weight is 635 g/mol. The molecule has 6 aliphatic rings.